The Hall–Kier alpha value is -2.58. The van der Waals surface area contributed by atoms with Gasteiger partial charge in [-0.25, -0.2) is 0 Å². The number of ether oxygens (including phenoxy) is 2. The van der Waals surface area contributed by atoms with E-state index in [4.69, 9.17) is 14.0 Å². The molecule has 1 N–H and O–H groups in total. The van der Waals surface area contributed by atoms with Crippen LogP contribution in [0.2, 0.25) is 0 Å². The van der Waals surface area contributed by atoms with E-state index in [-0.39, 0.29) is 5.91 Å². The molecule has 1 amide bonds. The Kier molecular flexibility index (Phi) is 6.31. The summed E-state index contributed by atoms with van der Waals surface area (Å²) in [5, 5.41) is 6.54. The van der Waals surface area contributed by atoms with Crippen molar-refractivity contribution in [3.63, 3.8) is 0 Å². The van der Waals surface area contributed by atoms with Crippen LogP contribution in [0.5, 0.6) is 11.5 Å². The van der Waals surface area contributed by atoms with Crippen LogP contribution in [0.4, 0.5) is 5.82 Å². The number of methoxy groups -OCH3 is 2. The zero-order chi connectivity index (χ0) is 19.2. The number of aromatic nitrogens is 1. The smallest absolute Gasteiger partial charge is 0.239 e. The van der Waals surface area contributed by atoms with E-state index >= 15 is 0 Å². The molecule has 1 aliphatic rings. The van der Waals surface area contributed by atoms with Gasteiger partial charge in [-0.05, 0) is 24.6 Å². The molecule has 27 heavy (non-hydrogen) atoms. The number of nitrogens with one attached hydrogen (secondary N) is 1. The second kappa shape index (κ2) is 8.88. The van der Waals surface area contributed by atoms with Crippen LogP contribution in [0.15, 0.2) is 28.8 Å². The Balaban J connectivity index is 1.45. The Morgan fingerprint density at radius 1 is 1.11 bits per heavy atom. The van der Waals surface area contributed by atoms with Crippen LogP contribution in [0.25, 0.3) is 0 Å². The number of hydrogen-bond acceptors (Lipinski definition) is 7. The summed E-state index contributed by atoms with van der Waals surface area (Å²) in [4.78, 5) is 16.6. The molecule has 2 heterocycles. The lowest BCUT2D eigenvalue weighted by Gasteiger charge is -2.34. The van der Waals surface area contributed by atoms with Crippen molar-refractivity contribution in [1.82, 2.24) is 15.0 Å². The minimum Gasteiger partial charge on any atom is -0.493 e. The number of anilines is 1. The molecule has 0 unspecified atom stereocenters. The number of piperazine rings is 1. The van der Waals surface area contributed by atoms with Gasteiger partial charge >= 0.3 is 0 Å². The van der Waals surface area contributed by atoms with E-state index < -0.39 is 0 Å². The van der Waals surface area contributed by atoms with Gasteiger partial charge in [-0.1, -0.05) is 11.2 Å². The maximum atomic E-state index is 12.1. The number of carbonyl (C=O) groups is 1. The molecule has 0 bridgehead atoms. The van der Waals surface area contributed by atoms with E-state index in [9.17, 15) is 4.79 Å². The topological polar surface area (TPSA) is 80.1 Å². The second-order valence-electron chi connectivity index (χ2n) is 6.61. The third-order valence-electron chi connectivity index (χ3n) is 4.58. The quantitative estimate of drug-likeness (QED) is 0.791. The van der Waals surface area contributed by atoms with Crippen LogP contribution in [0.3, 0.4) is 0 Å². The van der Waals surface area contributed by atoms with Gasteiger partial charge in [-0.3, -0.25) is 14.6 Å². The van der Waals surface area contributed by atoms with Gasteiger partial charge < -0.3 is 19.3 Å². The molecule has 0 radical (unpaired) electrons. The normalized spacial score (nSPS) is 15.5. The summed E-state index contributed by atoms with van der Waals surface area (Å²) in [6, 6.07) is 7.71. The van der Waals surface area contributed by atoms with Gasteiger partial charge in [0.15, 0.2) is 17.3 Å². The van der Waals surface area contributed by atoms with Crippen LogP contribution >= 0.6 is 0 Å². The molecule has 1 aliphatic heterocycles. The van der Waals surface area contributed by atoms with E-state index in [1.165, 1.54) is 5.56 Å². The van der Waals surface area contributed by atoms with Gasteiger partial charge in [-0.2, -0.15) is 0 Å². The van der Waals surface area contributed by atoms with Gasteiger partial charge in [0.2, 0.25) is 5.91 Å². The van der Waals surface area contributed by atoms with Crippen LogP contribution < -0.4 is 14.8 Å². The first kappa shape index (κ1) is 19.2. The minimum absolute atomic E-state index is 0.0726. The van der Waals surface area contributed by atoms with Crippen molar-refractivity contribution < 1.29 is 18.8 Å². The number of rotatable bonds is 7. The number of amides is 1. The standard InChI is InChI=1S/C19H26N4O4/c1-14-10-18(21-27-14)20-19(24)13-23-8-6-22(7-9-23)12-15-4-5-16(25-2)17(11-15)26-3/h4-5,10-11H,6-9,12-13H2,1-3H3,(H,20,21,24). The molecule has 0 atom stereocenters. The number of carbonyl (C=O) groups excluding carboxylic acids is 1. The largest absolute Gasteiger partial charge is 0.493 e. The molecule has 3 rings (SSSR count). The first-order chi connectivity index (χ1) is 13.1. The van der Waals surface area contributed by atoms with Gasteiger partial charge in [0, 0.05) is 38.8 Å². The molecule has 8 nitrogen and oxygen atoms in total. The van der Waals surface area contributed by atoms with E-state index in [0.717, 1.165) is 44.2 Å². The first-order valence-electron chi connectivity index (χ1n) is 8.96. The lowest BCUT2D eigenvalue weighted by molar-refractivity contribution is -0.117. The van der Waals surface area contributed by atoms with Crippen molar-refractivity contribution in [2.24, 2.45) is 0 Å². The average molecular weight is 374 g/mol. The first-order valence-corrected chi connectivity index (χ1v) is 8.96. The van der Waals surface area contributed by atoms with Crippen molar-refractivity contribution in [3.05, 3.63) is 35.6 Å². The summed E-state index contributed by atoms with van der Waals surface area (Å²) in [7, 11) is 3.28. The minimum atomic E-state index is -0.0726. The van der Waals surface area contributed by atoms with Gasteiger partial charge in [0.25, 0.3) is 0 Å². The van der Waals surface area contributed by atoms with Crippen molar-refractivity contribution in [2.45, 2.75) is 13.5 Å². The maximum Gasteiger partial charge on any atom is 0.239 e. The Morgan fingerprint density at radius 2 is 1.81 bits per heavy atom. The van der Waals surface area contributed by atoms with Gasteiger partial charge in [0.1, 0.15) is 5.76 Å². The maximum absolute atomic E-state index is 12.1. The second-order valence-corrected chi connectivity index (χ2v) is 6.61. The fourth-order valence-electron chi connectivity index (χ4n) is 3.15. The Bertz CT molecular complexity index is 769. The summed E-state index contributed by atoms with van der Waals surface area (Å²) in [6.07, 6.45) is 0. The third kappa shape index (κ3) is 5.21. The molecule has 1 aromatic carbocycles. The van der Waals surface area contributed by atoms with Crippen molar-refractivity contribution >= 4 is 11.7 Å². The fraction of sp³-hybridized carbons (Fsp3) is 0.474. The molecule has 0 aliphatic carbocycles. The van der Waals surface area contributed by atoms with Crippen LogP contribution in [0, 0.1) is 6.92 Å². The van der Waals surface area contributed by atoms with Crippen molar-refractivity contribution in [3.8, 4) is 11.5 Å². The zero-order valence-electron chi connectivity index (χ0n) is 16.0. The molecule has 0 spiro atoms. The Labute approximate surface area is 159 Å². The monoisotopic (exact) mass is 374 g/mol. The highest BCUT2D eigenvalue weighted by atomic mass is 16.5. The number of benzene rings is 1. The SMILES string of the molecule is COc1ccc(CN2CCN(CC(=O)Nc3cc(C)on3)CC2)cc1OC. The van der Waals surface area contributed by atoms with Crippen molar-refractivity contribution in [2.75, 3.05) is 52.3 Å². The number of hydrogen-bond donors (Lipinski definition) is 1. The number of nitrogens with zero attached hydrogens (tertiary/aromatic N) is 3. The molecule has 2 aromatic rings. The molecule has 0 saturated carbocycles. The molecule has 1 fully saturated rings. The number of aryl methyl sites for hydroxylation is 1. The summed E-state index contributed by atoms with van der Waals surface area (Å²) in [5.41, 5.74) is 1.18. The van der Waals surface area contributed by atoms with Gasteiger partial charge in [-0.15, -0.1) is 0 Å². The fourth-order valence-corrected chi connectivity index (χ4v) is 3.15. The van der Waals surface area contributed by atoms with Crippen LogP contribution in [-0.4, -0.2) is 67.8 Å². The summed E-state index contributed by atoms with van der Waals surface area (Å²) in [5.74, 6) is 2.54. The lowest BCUT2D eigenvalue weighted by atomic mass is 10.1. The molecule has 1 saturated heterocycles. The molecular formula is C19H26N4O4. The van der Waals surface area contributed by atoms with Crippen molar-refractivity contribution in [1.29, 1.82) is 0 Å². The zero-order valence-corrected chi connectivity index (χ0v) is 16.0. The summed E-state index contributed by atoms with van der Waals surface area (Å²) < 4.78 is 15.6. The summed E-state index contributed by atoms with van der Waals surface area (Å²) >= 11 is 0. The summed E-state index contributed by atoms with van der Waals surface area (Å²) in [6.45, 7) is 6.50. The molecule has 1 aromatic heterocycles. The van der Waals surface area contributed by atoms with Gasteiger partial charge in [0.05, 0.1) is 20.8 Å². The lowest BCUT2D eigenvalue weighted by Crippen LogP contribution is -2.48. The van der Waals surface area contributed by atoms with E-state index in [1.807, 2.05) is 12.1 Å². The van der Waals surface area contributed by atoms with E-state index in [0.29, 0.717) is 18.1 Å². The highest BCUT2D eigenvalue weighted by Crippen LogP contribution is 2.28. The highest BCUT2D eigenvalue weighted by Gasteiger charge is 2.20. The third-order valence-corrected chi connectivity index (χ3v) is 4.58. The van der Waals surface area contributed by atoms with Crippen LogP contribution in [-0.2, 0) is 11.3 Å². The average Bonchev–Trinajstić information content (AvgIpc) is 3.07. The van der Waals surface area contributed by atoms with E-state index in [2.05, 4.69) is 26.3 Å². The van der Waals surface area contributed by atoms with Crippen LogP contribution in [0.1, 0.15) is 11.3 Å². The predicted molar refractivity (Wildman–Crippen MR) is 101 cm³/mol. The predicted octanol–water partition coefficient (Wildman–Crippen LogP) is 1.76. The highest BCUT2D eigenvalue weighted by molar-refractivity contribution is 5.91. The Morgan fingerprint density at radius 3 is 2.44 bits per heavy atom. The molecule has 8 heteroatoms. The molecular weight excluding hydrogens is 348 g/mol. The van der Waals surface area contributed by atoms with E-state index in [1.54, 1.807) is 27.2 Å². The molecule has 146 valence electrons.